The summed E-state index contributed by atoms with van der Waals surface area (Å²) in [6.07, 6.45) is 7.05. The fourth-order valence-corrected chi connectivity index (χ4v) is 3.17. The highest BCUT2D eigenvalue weighted by atomic mass is 16.5. The van der Waals surface area contributed by atoms with Crippen LogP contribution in [0.4, 0.5) is 0 Å². The van der Waals surface area contributed by atoms with Crippen LogP contribution in [0.15, 0.2) is 50.6 Å². The number of nitrogens with zero attached hydrogens (tertiary/aromatic N) is 2. The third kappa shape index (κ3) is 7.15. The minimum Gasteiger partial charge on any atom is -0.389 e. The Labute approximate surface area is 158 Å². The molecule has 0 aliphatic carbocycles. The Morgan fingerprint density at radius 3 is 1.54 bits per heavy atom. The van der Waals surface area contributed by atoms with Crippen molar-refractivity contribution in [1.29, 1.82) is 0 Å². The first-order chi connectivity index (χ1) is 12.6. The van der Waals surface area contributed by atoms with Crippen molar-refractivity contribution in [3.8, 4) is 0 Å². The highest BCUT2D eigenvalue weighted by molar-refractivity contribution is 4.92. The van der Waals surface area contributed by atoms with E-state index in [1.165, 1.54) is 0 Å². The monoisotopic (exact) mass is 365 g/mol. The van der Waals surface area contributed by atoms with Gasteiger partial charge in [0.25, 0.3) is 0 Å². The molecular formula is C20H35N3O3. The second-order valence-corrected chi connectivity index (χ2v) is 6.50. The Morgan fingerprint density at radius 2 is 1.19 bits per heavy atom. The number of rotatable bonds is 10. The minimum atomic E-state index is -0.375. The summed E-state index contributed by atoms with van der Waals surface area (Å²) in [6.45, 7) is 20.4. The number of aliphatic hydroxyl groups excluding tert-OH is 1. The molecule has 0 saturated carbocycles. The van der Waals surface area contributed by atoms with E-state index in [4.69, 9.17) is 15.2 Å². The van der Waals surface area contributed by atoms with E-state index in [2.05, 4.69) is 36.1 Å². The Morgan fingerprint density at radius 1 is 0.769 bits per heavy atom. The third-order valence-electron chi connectivity index (χ3n) is 4.51. The van der Waals surface area contributed by atoms with Crippen LogP contribution in [0.5, 0.6) is 0 Å². The number of aliphatic hydroxyl groups is 1. The maximum atomic E-state index is 9.58. The van der Waals surface area contributed by atoms with Crippen molar-refractivity contribution in [2.45, 2.75) is 24.2 Å². The van der Waals surface area contributed by atoms with Crippen LogP contribution in [0.25, 0.3) is 0 Å². The summed E-state index contributed by atoms with van der Waals surface area (Å²) in [5, 5.41) is 9.58. The van der Waals surface area contributed by atoms with E-state index in [0.717, 1.165) is 32.8 Å². The maximum absolute atomic E-state index is 9.58. The van der Waals surface area contributed by atoms with E-state index in [1.807, 2.05) is 24.3 Å². The molecule has 2 heterocycles. The van der Waals surface area contributed by atoms with Gasteiger partial charge in [0.1, 0.15) is 0 Å². The van der Waals surface area contributed by atoms with Gasteiger partial charge in [-0.2, -0.15) is 0 Å². The molecule has 3 N–H and O–H groups in total. The van der Waals surface area contributed by atoms with Crippen molar-refractivity contribution < 1.29 is 14.6 Å². The van der Waals surface area contributed by atoms with Gasteiger partial charge in [-0.1, -0.05) is 24.3 Å². The fraction of sp³-hybridized carbons (Fsp3) is 0.600. The molecule has 0 spiro atoms. The smallest absolute Gasteiger partial charge is 0.0951 e. The number of hydrogen-bond acceptors (Lipinski definition) is 6. The van der Waals surface area contributed by atoms with Gasteiger partial charge in [0, 0.05) is 32.2 Å². The van der Waals surface area contributed by atoms with Crippen LogP contribution >= 0.6 is 0 Å². The van der Waals surface area contributed by atoms with Crippen LogP contribution in [0.3, 0.4) is 0 Å². The summed E-state index contributed by atoms with van der Waals surface area (Å²) in [7, 11) is 0. The van der Waals surface area contributed by atoms with Gasteiger partial charge in [-0.05, 0) is 0 Å². The summed E-state index contributed by atoms with van der Waals surface area (Å²) in [5.41, 5.74) is 5.91. The molecule has 2 rings (SSSR count). The van der Waals surface area contributed by atoms with Gasteiger partial charge >= 0.3 is 0 Å². The molecule has 2 fully saturated rings. The Kier molecular flexibility index (Phi) is 11.4. The van der Waals surface area contributed by atoms with E-state index < -0.39 is 0 Å². The summed E-state index contributed by atoms with van der Waals surface area (Å²) < 4.78 is 10.5. The van der Waals surface area contributed by atoms with Gasteiger partial charge < -0.3 is 20.3 Å². The van der Waals surface area contributed by atoms with Crippen LogP contribution < -0.4 is 5.73 Å². The fourth-order valence-electron chi connectivity index (χ4n) is 3.17. The van der Waals surface area contributed by atoms with Crippen LogP contribution in [-0.2, 0) is 9.47 Å². The molecule has 0 bridgehead atoms. The quantitative estimate of drug-likeness (QED) is 0.558. The molecule has 2 saturated heterocycles. The summed E-state index contributed by atoms with van der Waals surface area (Å²) >= 11 is 0. The zero-order chi connectivity index (χ0) is 19.4. The van der Waals surface area contributed by atoms with Gasteiger partial charge in [0.15, 0.2) is 0 Å². The molecule has 148 valence electrons. The first-order valence-electron chi connectivity index (χ1n) is 9.09. The van der Waals surface area contributed by atoms with E-state index in [1.54, 1.807) is 0 Å². The Hall–Kier alpha value is -1.28. The van der Waals surface area contributed by atoms with Crippen molar-refractivity contribution in [3.05, 3.63) is 50.6 Å². The van der Waals surface area contributed by atoms with E-state index in [0.29, 0.717) is 25.9 Å². The van der Waals surface area contributed by atoms with Crippen LogP contribution in [0.1, 0.15) is 0 Å². The highest BCUT2D eigenvalue weighted by Crippen LogP contribution is 2.13. The maximum Gasteiger partial charge on any atom is 0.0951 e. The normalized spacial score (nSPS) is 27.8. The number of nitrogens with two attached hydrogens (primary N) is 1. The van der Waals surface area contributed by atoms with Crippen LogP contribution in [-0.4, -0.2) is 91.7 Å². The molecule has 0 aromatic rings. The molecule has 0 aromatic carbocycles. The zero-order valence-corrected chi connectivity index (χ0v) is 15.8. The lowest BCUT2D eigenvalue weighted by molar-refractivity contribution is 0.0942. The summed E-state index contributed by atoms with van der Waals surface area (Å²) in [5.74, 6) is 0. The zero-order valence-electron chi connectivity index (χ0n) is 15.8. The second-order valence-electron chi connectivity index (χ2n) is 6.50. The van der Waals surface area contributed by atoms with E-state index in [-0.39, 0.29) is 18.2 Å². The number of hydrogen-bond donors (Lipinski definition) is 2. The van der Waals surface area contributed by atoms with E-state index >= 15 is 0 Å². The molecule has 0 radical (unpaired) electrons. The van der Waals surface area contributed by atoms with Crippen molar-refractivity contribution in [3.63, 3.8) is 0 Å². The first kappa shape index (κ1) is 22.8. The largest absolute Gasteiger partial charge is 0.389 e. The van der Waals surface area contributed by atoms with Gasteiger partial charge in [-0.15, -0.1) is 26.3 Å². The van der Waals surface area contributed by atoms with Crippen molar-refractivity contribution >= 4 is 0 Å². The molecule has 6 nitrogen and oxygen atoms in total. The Bertz CT molecular complexity index is 384. The molecule has 2 aliphatic rings. The Balaban J connectivity index is 0.000000260. The third-order valence-corrected chi connectivity index (χ3v) is 4.51. The molecule has 6 heteroatoms. The number of ether oxygens (including phenoxy) is 2. The van der Waals surface area contributed by atoms with Crippen molar-refractivity contribution in [2.75, 3.05) is 52.6 Å². The molecule has 0 amide bonds. The average molecular weight is 366 g/mol. The lowest BCUT2D eigenvalue weighted by Gasteiger charge is -2.27. The predicted molar refractivity (Wildman–Crippen MR) is 107 cm³/mol. The van der Waals surface area contributed by atoms with Crippen LogP contribution in [0, 0.1) is 0 Å². The standard InChI is InChI=1S/C10H18N2O.C10H17NO2/c1-3-5-12(6-4-2)10-8-13-7-9(10)11;1-3-5-11(6-4-2)9-7-13-8-10(9)12/h3-4,9-10H,1-2,5-8,11H2;3-4,9-10,12H,1-2,5-8H2/t2*9-,10-/m00/s1. The first-order valence-corrected chi connectivity index (χ1v) is 9.09. The molecule has 26 heavy (non-hydrogen) atoms. The van der Waals surface area contributed by atoms with Gasteiger partial charge in [-0.25, -0.2) is 0 Å². The second kappa shape index (κ2) is 13.0. The lowest BCUT2D eigenvalue weighted by Crippen LogP contribution is -2.47. The van der Waals surface area contributed by atoms with Gasteiger partial charge in [0.05, 0.1) is 44.6 Å². The topological polar surface area (TPSA) is 71.2 Å². The van der Waals surface area contributed by atoms with Gasteiger partial charge in [0.2, 0.25) is 0 Å². The minimum absolute atomic E-state index is 0.0935. The van der Waals surface area contributed by atoms with Gasteiger partial charge in [-0.3, -0.25) is 9.80 Å². The van der Waals surface area contributed by atoms with Crippen molar-refractivity contribution in [1.82, 2.24) is 9.80 Å². The molecule has 4 atom stereocenters. The molecular weight excluding hydrogens is 330 g/mol. The SMILES string of the molecule is C=CCN(CC=C)[C@H]1COC[C@@H]1N.C=CCN(CC=C)[C@H]1COC[C@@H]1O. The predicted octanol–water partition coefficient (Wildman–Crippen LogP) is 0.807. The average Bonchev–Trinajstić information content (AvgIpc) is 3.23. The molecule has 2 aliphatic heterocycles. The van der Waals surface area contributed by atoms with Crippen LogP contribution in [0.2, 0.25) is 0 Å². The summed E-state index contributed by atoms with van der Waals surface area (Å²) in [4.78, 5) is 4.34. The lowest BCUT2D eigenvalue weighted by atomic mass is 10.1. The molecule has 0 aromatic heterocycles. The van der Waals surface area contributed by atoms with E-state index in [9.17, 15) is 5.11 Å². The highest BCUT2D eigenvalue weighted by Gasteiger charge is 2.30. The van der Waals surface area contributed by atoms with Crippen molar-refractivity contribution in [2.24, 2.45) is 5.73 Å². The molecule has 0 unspecified atom stereocenters. The summed E-state index contributed by atoms with van der Waals surface area (Å²) in [6, 6.07) is 0.534.